The average Bonchev–Trinajstić information content (AvgIpc) is 3.22. The van der Waals surface area contributed by atoms with Crippen molar-refractivity contribution in [3.8, 4) is 5.75 Å². The number of para-hydroxylation sites is 2. The van der Waals surface area contributed by atoms with Crippen LogP contribution < -0.4 is 9.04 Å². The van der Waals surface area contributed by atoms with Gasteiger partial charge in [-0.3, -0.25) is 4.31 Å². The van der Waals surface area contributed by atoms with Crippen molar-refractivity contribution in [1.82, 2.24) is 0 Å². The van der Waals surface area contributed by atoms with E-state index in [0.29, 0.717) is 28.2 Å². The molecule has 0 radical (unpaired) electrons. The fourth-order valence-corrected chi connectivity index (χ4v) is 6.59. The second kappa shape index (κ2) is 5.24. The van der Waals surface area contributed by atoms with Crippen molar-refractivity contribution in [2.45, 2.75) is 43.2 Å². The molecule has 5 rings (SSSR count). The molecule has 1 heterocycles. The Morgan fingerprint density at radius 3 is 2.52 bits per heavy atom. The van der Waals surface area contributed by atoms with E-state index >= 15 is 0 Å². The lowest BCUT2D eigenvalue weighted by Gasteiger charge is -2.44. The van der Waals surface area contributed by atoms with Crippen LogP contribution in [-0.4, -0.2) is 20.6 Å². The van der Waals surface area contributed by atoms with E-state index in [0.717, 1.165) is 24.8 Å². The van der Waals surface area contributed by atoms with Crippen LogP contribution >= 0.6 is 0 Å². The summed E-state index contributed by atoms with van der Waals surface area (Å²) in [6, 6.07) is 14.6. The highest BCUT2D eigenvalue weighted by Gasteiger charge is 2.56. The van der Waals surface area contributed by atoms with Crippen molar-refractivity contribution in [2.75, 3.05) is 4.31 Å². The number of nitrogens with zero attached hydrogens (tertiary/aromatic N) is 1. The lowest BCUT2D eigenvalue weighted by Crippen LogP contribution is -2.55. The summed E-state index contributed by atoms with van der Waals surface area (Å²) in [6.07, 6.45) is 3.29. The Morgan fingerprint density at radius 2 is 1.72 bits per heavy atom. The fourth-order valence-electron chi connectivity index (χ4n) is 4.86. The van der Waals surface area contributed by atoms with Gasteiger partial charge in [-0.2, -0.15) is 0 Å². The zero-order valence-electron chi connectivity index (χ0n) is 14.1. The summed E-state index contributed by atoms with van der Waals surface area (Å²) in [6.45, 7) is 1.96. The van der Waals surface area contributed by atoms with Gasteiger partial charge in [0, 0.05) is 0 Å². The first-order valence-electron chi connectivity index (χ1n) is 8.92. The number of anilines is 1. The SMILES string of the molecule is Cc1ccc(S(=O)(=O)N2c3ccccc3OC3C4CCC(C4)C32)cc1. The van der Waals surface area contributed by atoms with E-state index in [2.05, 4.69) is 0 Å². The number of rotatable bonds is 2. The van der Waals surface area contributed by atoms with Gasteiger partial charge in [-0.25, -0.2) is 8.42 Å². The predicted octanol–water partition coefficient (Wildman–Crippen LogP) is 3.75. The van der Waals surface area contributed by atoms with Crippen LogP contribution in [-0.2, 0) is 10.0 Å². The van der Waals surface area contributed by atoms with Crippen LogP contribution in [0.4, 0.5) is 5.69 Å². The number of fused-ring (bicyclic) bond motifs is 6. The highest BCUT2D eigenvalue weighted by atomic mass is 32.2. The number of aryl methyl sites for hydroxylation is 1. The van der Waals surface area contributed by atoms with Crippen molar-refractivity contribution < 1.29 is 13.2 Å². The van der Waals surface area contributed by atoms with Gasteiger partial charge in [0.25, 0.3) is 10.0 Å². The highest BCUT2D eigenvalue weighted by molar-refractivity contribution is 7.92. The molecule has 0 amide bonds. The van der Waals surface area contributed by atoms with E-state index < -0.39 is 10.0 Å². The molecule has 5 heteroatoms. The average molecular weight is 355 g/mol. The summed E-state index contributed by atoms with van der Waals surface area (Å²) in [5, 5.41) is 0. The highest BCUT2D eigenvalue weighted by Crippen LogP contribution is 2.54. The first-order chi connectivity index (χ1) is 12.1. The molecule has 0 saturated heterocycles. The molecule has 3 aliphatic rings. The Bertz CT molecular complexity index is 922. The third kappa shape index (κ3) is 2.15. The molecule has 2 aromatic carbocycles. The number of sulfonamides is 1. The summed E-state index contributed by atoms with van der Waals surface area (Å²) in [5.41, 5.74) is 1.73. The zero-order valence-corrected chi connectivity index (χ0v) is 14.9. The van der Waals surface area contributed by atoms with Crippen LogP contribution in [0, 0.1) is 18.8 Å². The zero-order chi connectivity index (χ0) is 17.2. The Balaban J connectivity index is 1.68. The van der Waals surface area contributed by atoms with Gasteiger partial charge in [0.2, 0.25) is 0 Å². The van der Waals surface area contributed by atoms with Gasteiger partial charge in [0.1, 0.15) is 11.9 Å². The molecular weight excluding hydrogens is 334 g/mol. The van der Waals surface area contributed by atoms with E-state index in [9.17, 15) is 8.42 Å². The van der Waals surface area contributed by atoms with Crippen LogP contribution in [0.2, 0.25) is 0 Å². The normalized spacial score (nSPS) is 29.9. The Hall–Kier alpha value is -2.01. The molecule has 4 nitrogen and oxygen atoms in total. The lowest BCUT2D eigenvalue weighted by atomic mass is 9.91. The third-order valence-electron chi connectivity index (χ3n) is 6.01. The van der Waals surface area contributed by atoms with Crippen molar-refractivity contribution in [1.29, 1.82) is 0 Å². The second-order valence-electron chi connectivity index (χ2n) is 7.49. The maximum Gasteiger partial charge on any atom is 0.264 e. The van der Waals surface area contributed by atoms with E-state index in [-0.39, 0.29) is 12.1 Å². The molecule has 2 saturated carbocycles. The Morgan fingerprint density at radius 1 is 1.00 bits per heavy atom. The smallest absolute Gasteiger partial charge is 0.264 e. The minimum Gasteiger partial charge on any atom is -0.486 e. The standard InChI is InChI=1S/C20H21NO3S/c1-13-6-10-16(11-7-13)25(22,23)21-17-4-2-3-5-18(17)24-20-15-9-8-14(12-15)19(20)21/h2-7,10-11,14-15,19-20H,8-9,12H2,1H3. The molecule has 2 aliphatic carbocycles. The van der Waals surface area contributed by atoms with Crippen LogP contribution in [0.15, 0.2) is 53.4 Å². The molecule has 0 N–H and O–H groups in total. The maximum absolute atomic E-state index is 13.6. The first-order valence-corrected chi connectivity index (χ1v) is 10.4. The molecule has 2 fully saturated rings. The largest absolute Gasteiger partial charge is 0.486 e. The van der Waals surface area contributed by atoms with E-state index in [4.69, 9.17) is 4.74 Å². The molecule has 0 spiro atoms. The monoisotopic (exact) mass is 355 g/mol. The van der Waals surface area contributed by atoms with E-state index in [1.54, 1.807) is 16.4 Å². The first kappa shape index (κ1) is 15.3. The van der Waals surface area contributed by atoms with Crippen LogP contribution in [0.3, 0.4) is 0 Å². The molecule has 2 aromatic rings. The van der Waals surface area contributed by atoms with Crippen molar-refractivity contribution >= 4 is 15.7 Å². The second-order valence-corrected chi connectivity index (χ2v) is 9.30. The molecule has 130 valence electrons. The topological polar surface area (TPSA) is 46.6 Å². The van der Waals surface area contributed by atoms with Gasteiger partial charge in [-0.1, -0.05) is 29.8 Å². The van der Waals surface area contributed by atoms with E-state index in [1.807, 2.05) is 43.3 Å². The maximum atomic E-state index is 13.6. The molecule has 1 aliphatic heterocycles. The quantitative estimate of drug-likeness (QED) is 0.824. The molecule has 4 unspecified atom stereocenters. The van der Waals surface area contributed by atoms with Gasteiger partial charge in [0.15, 0.2) is 0 Å². The third-order valence-corrected chi connectivity index (χ3v) is 7.84. The Kier molecular flexibility index (Phi) is 3.20. The fraction of sp³-hybridized carbons (Fsp3) is 0.400. The van der Waals surface area contributed by atoms with Gasteiger partial charge in [-0.05, 0) is 62.3 Å². The van der Waals surface area contributed by atoms with E-state index in [1.165, 1.54) is 0 Å². The molecule has 25 heavy (non-hydrogen) atoms. The summed E-state index contributed by atoms with van der Waals surface area (Å²) >= 11 is 0. The van der Waals surface area contributed by atoms with Crippen molar-refractivity contribution in [2.24, 2.45) is 11.8 Å². The summed E-state index contributed by atoms with van der Waals surface area (Å²) in [5.74, 6) is 1.55. The van der Waals surface area contributed by atoms with Crippen LogP contribution in [0.5, 0.6) is 5.75 Å². The number of ether oxygens (including phenoxy) is 1. The molecule has 2 bridgehead atoms. The Labute approximate surface area is 148 Å². The van der Waals surface area contributed by atoms with Gasteiger partial charge in [0.05, 0.1) is 16.6 Å². The minimum absolute atomic E-state index is 0.0196. The molecule has 0 aromatic heterocycles. The van der Waals surface area contributed by atoms with Crippen LogP contribution in [0.25, 0.3) is 0 Å². The summed E-state index contributed by atoms with van der Waals surface area (Å²) in [7, 11) is -3.62. The van der Waals surface area contributed by atoms with Gasteiger partial charge in [-0.15, -0.1) is 0 Å². The number of benzene rings is 2. The van der Waals surface area contributed by atoms with Crippen molar-refractivity contribution in [3.63, 3.8) is 0 Å². The molecule has 4 atom stereocenters. The van der Waals surface area contributed by atoms with Gasteiger partial charge >= 0.3 is 0 Å². The van der Waals surface area contributed by atoms with Gasteiger partial charge < -0.3 is 4.74 Å². The predicted molar refractivity (Wildman–Crippen MR) is 96.3 cm³/mol. The summed E-state index contributed by atoms with van der Waals surface area (Å²) in [4.78, 5) is 0.358. The molecular formula is C20H21NO3S. The number of hydrogen-bond acceptors (Lipinski definition) is 3. The summed E-state index contributed by atoms with van der Waals surface area (Å²) < 4.78 is 35.0. The minimum atomic E-state index is -3.62. The number of hydrogen-bond donors (Lipinski definition) is 0. The van der Waals surface area contributed by atoms with Crippen molar-refractivity contribution in [3.05, 3.63) is 54.1 Å². The van der Waals surface area contributed by atoms with Crippen LogP contribution in [0.1, 0.15) is 24.8 Å². The lowest BCUT2D eigenvalue weighted by molar-refractivity contribution is 0.109.